The molecule has 1 fully saturated rings. The van der Waals surface area contributed by atoms with Crippen molar-refractivity contribution in [3.8, 4) is 0 Å². The topological polar surface area (TPSA) is 46.3 Å². The molecule has 2 rings (SSSR count). The van der Waals surface area contributed by atoms with E-state index < -0.39 is 5.82 Å². The van der Waals surface area contributed by atoms with E-state index in [1.807, 2.05) is 6.92 Å². The van der Waals surface area contributed by atoms with Crippen molar-refractivity contribution in [1.82, 2.24) is 4.90 Å². The average molecular weight is 352 g/mol. The lowest BCUT2D eigenvalue weighted by Crippen LogP contribution is -2.48. The van der Waals surface area contributed by atoms with Crippen LogP contribution in [-0.4, -0.2) is 29.9 Å². The van der Waals surface area contributed by atoms with E-state index in [0.717, 1.165) is 6.42 Å². The van der Waals surface area contributed by atoms with Gasteiger partial charge in [-0.1, -0.05) is 6.92 Å². The summed E-state index contributed by atoms with van der Waals surface area (Å²) in [5.41, 5.74) is 6.31. The quantitative estimate of drug-likeness (QED) is 0.845. The molecule has 1 aromatic carbocycles. The van der Waals surface area contributed by atoms with Crippen LogP contribution >= 0.6 is 28.3 Å². The highest BCUT2D eigenvalue weighted by Crippen LogP contribution is 2.20. The number of hydrogen-bond acceptors (Lipinski definition) is 2. The zero-order valence-corrected chi connectivity index (χ0v) is 13.0. The number of benzene rings is 1. The van der Waals surface area contributed by atoms with Gasteiger partial charge < -0.3 is 10.6 Å². The number of nitrogens with zero attached hydrogens (tertiary/aromatic N) is 1. The largest absolute Gasteiger partial charge is 0.338 e. The zero-order chi connectivity index (χ0) is 13.3. The monoisotopic (exact) mass is 350 g/mol. The molecule has 1 aliphatic rings. The third-order valence-corrected chi connectivity index (χ3v) is 4.07. The maximum Gasteiger partial charge on any atom is 0.253 e. The van der Waals surface area contributed by atoms with Crippen LogP contribution in [0.15, 0.2) is 22.7 Å². The standard InChI is InChI=1S/C13H16BrFN2O.ClH/c1-8-7-17(5-4-12(8)16)13(18)9-2-3-10(14)11(15)6-9;/h2-3,6,8,12H,4-5,7,16H2,1H3;1H. The smallest absolute Gasteiger partial charge is 0.253 e. The fraction of sp³-hybridized carbons (Fsp3) is 0.462. The van der Waals surface area contributed by atoms with Crippen LogP contribution in [0.4, 0.5) is 4.39 Å². The molecule has 6 heteroatoms. The van der Waals surface area contributed by atoms with E-state index >= 15 is 0 Å². The summed E-state index contributed by atoms with van der Waals surface area (Å²) in [6.45, 7) is 3.31. The van der Waals surface area contributed by atoms with Crippen molar-refractivity contribution >= 4 is 34.2 Å². The molecule has 0 radical (unpaired) electrons. The second-order valence-electron chi connectivity index (χ2n) is 4.81. The molecule has 1 aromatic rings. The van der Waals surface area contributed by atoms with Gasteiger partial charge in [0.25, 0.3) is 5.91 Å². The van der Waals surface area contributed by atoms with Gasteiger partial charge in [0.05, 0.1) is 4.47 Å². The number of nitrogens with two attached hydrogens (primary N) is 1. The number of carbonyl (C=O) groups is 1. The Kier molecular flexibility index (Phi) is 5.77. The number of halogens is 3. The van der Waals surface area contributed by atoms with E-state index in [2.05, 4.69) is 15.9 Å². The minimum absolute atomic E-state index is 0. The minimum Gasteiger partial charge on any atom is -0.338 e. The Hall–Kier alpha value is -0.650. The summed E-state index contributed by atoms with van der Waals surface area (Å²) in [5, 5.41) is 0. The molecule has 0 bridgehead atoms. The minimum atomic E-state index is -0.414. The Balaban J connectivity index is 0.00000180. The van der Waals surface area contributed by atoms with Gasteiger partial charge in [0, 0.05) is 24.7 Å². The first-order valence-corrected chi connectivity index (χ1v) is 6.78. The number of rotatable bonds is 1. The van der Waals surface area contributed by atoms with E-state index in [1.54, 1.807) is 17.0 Å². The molecule has 3 nitrogen and oxygen atoms in total. The summed E-state index contributed by atoms with van der Waals surface area (Å²) >= 11 is 3.08. The molecular formula is C13H17BrClFN2O. The highest BCUT2D eigenvalue weighted by molar-refractivity contribution is 9.10. The average Bonchev–Trinajstić information content (AvgIpc) is 2.35. The lowest BCUT2D eigenvalue weighted by Gasteiger charge is -2.35. The fourth-order valence-corrected chi connectivity index (χ4v) is 2.41. The Morgan fingerprint density at radius 2 is 2.21 bits per heavy atom. The summed E-state index contributed by atoms with van der Waals surface area (Å²) in [6.07, 6.45) is 0.798. The van der Waals surface area contributed by atoms with Gasteiger partial charge in [0.15, 0.2) is 0 Å². The molecule has 2 N–H and O–H groups in total. The van der Waals surface area contributed by atoms with Crippen molar-refractivity contribution in [2.24, 2.45) is 11.7 Å². The first-order valence-electron chi connectivity index (χ1n) is 5.99. The number of piperidine rings is 1. The summed E-state index contributed by atoms with van der Waals surface area (Å²) in [7, 11) is 0. The summed E-state index contributed by atoms with van der Waals surface area (Å²) in [6, 6.07) is 4.61. The van der Waals surface area contributed by atoms with E-state index in [0.29, 0.717) is 23.1 Å². The number of carbonyl (C=O) groups excluding carboxylic acids is 1. The van der Waals surface area contributed by atoms with Crippen molar-refractivity contribution < 1.29 is 9.18 Å². The molecule has 1 saturated heterocycles. The molecule has 1 amide bonds. The first-order chi connectivity index (χ1) is 8.49. The Morgan fingerprint density at radius 3 is 2.79 bits per heavy atom. The lowest BCUT2D eigenvalue weighted by molar-refractivity contribution is 0.0663. The molecule has 0 saturated carbocycles. The second-order valence-corrected chi connectivity index (χ2v) is 5.66. The lowest BCUT2D eigenvalue weighted by atomic mass is 9.94. The van der Waals surface area contributed by atoms with E-state index in [1.165, 1.54) is 6.07 Å². The highest BCUT2D eigenvalue weighted by Gasteiger charge is 2.27. The molecule has 2 atom stereocenters. The van der Waals surface area contributed by atoms with Crippen molar-refractivity contribution in [2.75, 3.05) is 13.1 Å². The van der Waals surface area contributed by atoms with Crippen LogP contribution in [0.2, 0.25) is 0 Å². The number of amides is 1. The van der Waals surface area contributed by atoms with Crippen molar-refractivity contribution in [1.29, 1.82) is 0 Å². The molecule has 1 aliphatic heterocycles. The molecular weight excluding hydrogens is 335 g/mol. The Morgan fingerprint density at radius 1 is 1.53 bits per heavy atom. The number of hydrogen-bond donors (Lipinski definition) is 1. The van der Waals surface area contributed by atoms with Crippen LogP contribution < -0.4 is 5.73 Å². The SMILES string of the molecule is CC1CN(C(=O)c2ccc(Br)c(F)c2)CCC1N.Cl. The van der Waals surface area contributed by atoms with Crippen LogP contribution in [0.25, 0.3) is 0 Å². The van der Waals surface area contributed by atoms with Crippen molar-refractivity contribution in [3.05, 3.63) is 34.1 Å². The van der Waals surface area contributed by atoms with E-state index in [-0.39, 0.29) is 30.3 Å². The van der Waals surface area contributed by atoms with Gasteiger partial charge in [0.2, 0.25) is 0 Å². The van der Waals surface area contributed by atoms with Crippen LogP contribution in [0.3, 0.4) is 0 Å². The van der Waals surface area contributed by atoms with Crippen LogP contribution in [0, 0.1) is 11.7 Å². The summed E-state index contributed by atoms with van der Waals surface area (Å²) in [5.74, 6) is -0.259. The third kappa shape index (κ3) is 3.68. The fourth-order valence-electron chi connectivity index (χ4n) is 2.16. The number of likely N-dealkylation sites (tertiary alicyclic amines) is 1. The molecule has 2 unspecified atom stereocenters. The Bertz CT molecular complexity index is 472. The van der Waals surface area contributed by atoms with E-state index in [4.69, 9.17) is 5.73 Å². The highest BCUT2D eigenvalue weighted by atomic mass is 79.9. The van der Waals surface area contributed by atoms with Gasteiger partial charge in [-0.3, -0.25) is 4.79 Å². The van der Waals surface area contributed by atoms with Gasteiger partial charge in [-0.2, -0.15) is 0 Å². The van der Waals surface area contributed by atoms with Crippen LogP contribution in [-0.2, 0) is 0 Å². The molecule has 0 aromatic heterocycles. The molecule has 1 heterocycles. The second kappa shape index (κ2) is 6.68. The molecule has 106 valence electrons. The van der Waals surface area contributed by atoms with Gasteiger partial charge in [-0.05, 0) is 46.5 Å². The van der Waals surface area contributed by atoms with E-state index in [9.17, 15) is 9.18 Å². The van der Waals surface area contributed by atoms with Crippen LogP contribution in [0.5, 0.6) is 0 Å². The molecule has 0 aliphatic carbocycles. The van der Waals surface area contributed by atoms with Crippen molar-refractivity contribution in [3.63, 3.8) is 0 Å². The predicted octanol–water partition coefficient (Wildman–Crippen LogP) is 2.82. The predicted molar refractivity (Wildman–Crippen MR) is 79.0 cm³/mol. The first kappa shape index (κ1) is 16.4. The summed E-state index contributed by atoms with van der Waals surface area (Å²) < 4.78 is 13.8. The van der Waals surface area contributed by atoms with Crippen molar-refractivity contribution in [2.45, 2.75) is 19.4 Å². The maximum atomic E-state index is 13.4. The summed E-state index contributed by atoms with van der Waals surface area (Å²) in [4.78, 5) is 14.0. The van der Waals surface area contributed by atoms with Crippen LogP contribution in [0.1, 0.15) is 23.7 Å². The third-order valence-electron chi connectivity index (χ3n) is 3.43. The molecule has 19 heavy (non-hydrogen) atoms. The zero-order valence-electron chi connectivity index (χ0n) is 10.6. The molecule has 0 spiro atoms. The maximum absolute atomic E-state index is 13.4. The van der Waals surface area contributed by atoms with Gasteiger partial charge >= 0.3 is 0 Å². The Labute approximate surface area is 126 Å². The van der Waals surface area contributed by atoms with Gasteiger partial charge in [-0.15, -0.1) is 12.4 Å². The van der Waals surface area contributed by atoms with Gasteiger partial charge in [0.1, 0.15) is 5.82 Å². The van der Waals surface area contributed by atoms with Gasteiger partial charge in [-0.25, -0.2) is 4.39 Å². The normalized spacial score (nSPS) is 22.8.